The fourth-order valence-corrected chi connectivity index (χ4v) is 5.10. The van der Waals surface area contributed by atoms with Crippen LogP contribution in [0.15, 0.2) is 41.3 Å². The molecule has 0 spiro atoms. The molecular formula is C27H40N8O3. The average molecular weight is 525 g/mol. The molecule has 0 saturated carbocycles. The van der Waals surface area contributed by atoms with Gasteiger partial charge in [-0.05, 0) is 56.5 Å². The molecule has 3 amide bonds. The summed E-state index contributed by atoms with van der Waals surface area (Å²) in [7, 11) is 0. The number of nitrogens with one attached hydrogen (secondary N) is 1. The average Bonchev–Trinajstić information content (AvgIpc) is 2.89. The number of hydrogen-bond acceptors (Lipinski definition) is 7. The summed E-state index contributed by atoms with van der Waals surface area (Å²) in [5, 5.41) is 2.69. The number of rotatable bonds is 6. The zero-order valence-electron chi connectivity index (χ0n) is 22.6. The van der Waals surface area contributed by atoms with Gasteiger partial charge in [-0.25, -0.2) is 9.59 Å². The molecule has 0 aliphatic carbocycles. The van der Waals surface area contributed by atoms with E-state index in [1.54, 1.807) is 35.9 Å². The first-order chi connectivity index (χ1) is 18.0. The fourth-order valence-electron chi connectivity index (χ4n) is 5.10. The van der Waals surface area contributed by atoms with E-state index in [1.807, 2.05) is 24.3 Å². The molecule has 2 atom stereocenters. The van der Waals surface area contributed by atoms with Crippen LogP contribution >= 0.6 is 0 Å². The number of anilines is 1. The Morgan fingerprint density at radius 2 is 1.71 bits per heavy atom. The standard InChI is InChI=1S/C27H40N8O3/c1-4-20-18-32(11-9-22(20)28)17-19-5-7-21(8-6-19)35-12-10-23(31-26(35)38)30-25(37)34-15-13-33(14-16-34)24(36)27(2,3)29/h5-8,10,12,20,22H,4,9,11,13-18,28-29H2,1-3H3,(H,30,31,37,38)/t20?,22-/m1/s1. The second-order valence-electron chi connectivity index (χ2n) is 10.9. The van der Waals surface area contributed by atoms with Crippen molar-refractivity contribution in [3.05, 3.63) is 52.6 Å². The maximum absolute atomic E-state index is 12.7. The molecule has 0 bridgehead atoms. The van der Waals surface area contributed by atoms with Crippen LogP contribution in [0.3, 0.4) is 0 Å². The Bertz CT molecular complexity index is 1180. The lowest BCUT2D eigenvalue weighted by Crippen LogP contribution is -2.58. The van der Waals surface area contributed by atoms with Gasteiger partial charge >= 0.3 is 11.7 Å². The Hall–Kier alpha value is -3.28. The normalized spacial score (nSPS) is 20.9. The summed E-state index contributed by atoms with van der Waals surface area (Å²) < 4.78 is 1.45. The van der Waals surface area contributed by atoms with E-state index in [1.165, 1.54) is 10.1 Å². The van der Waals surface area contributed by atoms with E-state index in [2.05, 4.69) is 22.1 Å². The molecule has 38 heavy (non-hydrogen) atoms. The number of benzene rings is 1. The smallest absolute Gasteiger partial charge is 0.338 e. The van der Waals surface area contributed by atoms with E-state index in [0.29, 0.717) is 37.8 Å². The van der Waals surface area contributed by atoms with Crippen molar-refractivity contribution in [2.45, 2.75) is 51.7 Å². The van der Waals surface area contributed by atoms with Crippen molar-refractivity contribution in [2.75, 3.05) is 44.6 Å². The summed E-state index contributed by atoms with van der Waals surface area (Å²) in [6.45, 7) is 9.96. The van der Waals surface area contributed by atoms with Crippen LogP contribution in [0.25, 0.3) is 5.69 Å². The van der Waals surface area contributed by atoms with Crippen molar-refractivity contribution >= 4 is 17.8 Å². The van der Waals surface area contributed by atoms with E-state index >= 15 is 0 Å². The van der Waals surface area contributed by atoms with Crippen molar-refractivity contribution in [3.63, 3.8) is 0 Å². The Morgan fingerprint density at radius 3 is 2.32 bits per heavy atom. The Labute approximate surface area is 223 Å². The van der Waals surface area contributed by atoms with E-state index in [4.69, 9.17) is 11.5 Å². The number of nitrogens with zero attached hydrogens (tertiary/aromatic N) is 5. The highest BCUT2D eigenvalue weighted by Gasteiger charge is 2.31. The third-order valence-corrected chi connectivity index (χ3v) is 7.47. The van der Waals surface area contributed by atoms with Crippen molar-refractivity contribution in [1.29, 1.82) is 0 Å². The van der Waals surface area contributed by atoms with Gasteiger partial charge in [-0.15, -0.1) is 0 Å². The van der Waals surface area contributed by atoms with E-state index in [0.717, 1.165) is 32.5 Å². The molecule has 4 rings (SSSR count). The van der Waals surface area contributed by atoms with Gasteiger partial charge in [0, 0.05) is 51.5 Å². The zero-order chi connectivity index (χ0) is 27.4. The number of piperazine rings is 1. The number of amides is 3. The third kappa shape index (κ3) is 6.58. The van der Waals surface area contributed by atoms with Crippen LogP contribution in [0, 0.1) is 5.92 Å². The molecule has 0 radical (unpaired) electrons. The predicted molar refractivity (Wildman–Crippen MR) is 147 cm³/mol. The van der Waals surface area contributed by atoms with Gasteiger partial charge in [0.05, 0.1) is 11.2 Å². The number of nitrogens with two attached hydrogens (primary N) is 2. The van der Waals surface area contributed by atoms with Crippen LogP contribution in [0.5, 0.6) is 0 Å². The molecule has 2 saturated heterocycles. The van der Waals surface area contributed by atoms with Gasteiger partial charge in [0.15, 0.2) is 0 Å². The van der Waals surface area contributed by atoms with Crippen LogP contribution in [-0.4, -0.2) is 87.0 Å². The van der Waals surface area contributed by atoms with E-state index in [-0.39, 0.29) is 23.8 Å². The van der Waals surface area contributed by atoms with Gasteiger partial charge in [0.1, 0.15) is 5.82 Å². The number of urea groups is 1. The SMILES string of the molecule is CCC1CN(Cc2ccc(-n3ccc(NC(=O)N4CCN(C(=O)C(C)(C)N)CC4)nc3=O)cc2)CC[C@H]1N. The van der Waals surface area contributed by atoms with Gasteiger partial charge in [-0.1, -0.05) is 25.5 Å². The van der Waals surface area contributed by atoms with Gasteiger partial charge in [0.2, 0.25) is 5.91 Å². The first-order valence-corrected chi connectivity index (χ1v) is 13.4. The van der Waals surface area contributed by atoms with Crippen molar-refractivity contribution in [1.82, 2.24) is 24.3 Å². The number of aromatic nitrogens is 2. The minimum absolute atomic E-state index is 0.141. The molecule has 11 nitrogen and oxygen atoms in total. The molecule has 206 valence electrons. The van der Waals surface area contributed by atoms with E-state index in [9.17, 15) is 14.4 Å². The minimum Gasteiger partial charge on any atom is -0.338 e. The van der Waals surface area contributed by atoms with Crippen LogP contribution in [-0.2, 0) is 11.3 Å². The molecular weight excluding hydrogens is 484 g/mol. The maximum atomic E-state index is 12.7. The molecule has 5 N–H and O–H groups in total. The molecule has 1 aromatic carbocycles. The Morgan fingerprint density at radius 1 is 1.05 bits per heavy atom. The predicted octanol–water partition coefficient (Wildman–Crippen LogP) is 1.21. The van der Waals surface area contributed by atoms with Crippen molar-refractivity contribution < 1.29 is 9.59 Å². The third-order valence-electron chi connectivity index (χ3n) is 7.47. The molecule has 1 aromatic heterocycles. The summed E-state index contributed by atoms with van der Waals surface area (Å²) in [6, 6.07) is 9.41. The number of piperidine rings is 1. The number of carbonyl (C=O) groups excluding carboxylic acids is 2. The topological polar surface area (TPSA) is 143 Å². The number of likely N-dealkylation sites (tertiary alicyclic amines) is 1. The highest BCUT2D eigenvalue weighted by atomic mass is 16.2. The first kappa shape index (κ1) is 27.7. The molecule has 2 aliphatic heterocycles. The van der Waals surface area contributed by atoms with Crippen LogP contribution in [0.1, 0.15) is 39.2 Å². The van der Waals surface area contributed by atoms with Gasteiger partial charge < -0.3 is 21.3 Å². The van der Waals surface area contributed by atoms with E-state index < -0.39 is 11.2 Å². The first-order valence-electron chi connectivity index (χ1n) is 13.4. The fraction of sp³-hybridized carbons (Fsp3) is 0.556. The second-order valence-corrected chi connectivity index (χ2v) is 10.9. The lowest BCUT2D eigenvalue weighted by Gasteiger charge is -2.37. The van der Waals surface area contributed by atoms with Gasteiger partial charge in [0.25, 0.3) is 0 Å². The number of carbonyl (C=O) groups is 2. The summed E-state index contributed by atoms with van der Waals surface area (Å²) >= 11 is 0. The highest BCUT2D eigenvalue weighted by Crippen LogP contribution is 2.21. The van der Waals surface area contributed by atoms with Crippen LogP contribution in [0.4, 0.5) is 10.6 Å². The summed E-state index contributed by atoms with van der Waals surface area (Å²) in [4.78, 5) is 47.5. The number of hydrogen-bond donors (Lipinski definition) is 3. The molecule has 2 aliphatic rings. The van der Waals surface area contributed by atoms with Crippen molar-refractivity contribution in [2.24, 2.45) is 17.4 Å². The summed E-state index contributed by atoms with van der Waals surface area (Å²) in [5.41, 5.74) is 12.6. The summed E-state index contributed by atoms with van der Waals surface area (Å²) in [6.07, 6.45) is 3.72. The van der Waals surface area contributed by atoms with Crippen molar-refractivity contribution in [3.8, 4) is 5.69 Å². The highest BCUT2D eigenvalue weighted by molar-refractivity contribution is 5.89. The van der Waals surface area contributed by atoms with Crippen LogP contribution < -0.4 is 22.5 Å². The molecule has 1 unspecified atom stereocenters. The molecule has 2 fully saturated rings. The van der Waals surface area contributed by atoms with Crippen LogP contribution in [0.2, 0.25) is 0 Å². The Kier molecular flexibility index (Phi) is 8.49. The zero-order valence-corrected chi connectivity index (χ0v) is 22.6. The molecule has 3 heterocycles. The Balaban J connectivity index is 1.32. The minimum atomic E-state index is -0.946. The second kappa shape index (κ2) is 11.6. The molecule has 11 heteroatoms. The van der Waals surface area contributed by atoms with Gasteiger partial charge in [-0.3, -0.25) is 19.6 Å². The van der Waals surface area contributed by atoms with Gasteiger partial charge in [-0.2, -0.15) is 4.98 Å². The lowest BCUT2D eigenvalue weighted by molar-refractivity contribution is -0.137. The molecule has 2 aromatic rings. The lowest BCUT2D eigenvalue weighted by atomic mass is 9.90. The summed E-state index contributed by atoms with van der Waals surface area (Å²) in [5.74, 6) is 0.574. The maximum Gasteiger partial charge on any atom is 0.354 e. The largest absolute Gasteiger partial charge is 0.354 e. The monoisotopic (exact) mass is 524 g/mol. The quantitative estimate of drug-likeness (QED) is 0.515.